The molecule has 3 rings (SSSR count). The molecule has 1 N–H and O–H groups in total. The molecule has 104 valence electrons. The van der Waals surface area contributed by atoms with Gasteiger partial charge in [-0.15, -0.1) is 0 Å². The Morgan fingerprint density at radius 1 is 1.40 bits per heavy atom. The van der Waals surface area contributed by atoms with Gasteiger partial charge in [0.1, 0.15) is 5.82 Å². The number of nitrogens with zero attached hydrogens (tertiary/aromatic N) is 2. The molecule has 1 aromatic carbocycles. The molecule has 0 saturated carbocycles. The molecule has 0 saturated heterocycles. The summed E-state index contributed by atoms with van der Waals surface area (Å²) in [5.74, 6) is 0.583. The highest BCUT2D eigenvalue weighted by Crippen LogP contribution is 2.42. The Kier molecular flexibility index (Phi) is 3.22. The van der Waals surface area contributed by atoms with Crippen molar-refractivity contribution in [1.82, 2.24) is 9.78 Å². The van der Waals surface area contributed by atoms with E-state index < -0.39 is 0 Å². The molecule has 0 fully saturated rings. The Morgan fingerprint density at radius 2 is 2.15 bits per heavy atom. The molecule has 1 atom stereocenters. The molecular weight excluding hydrogens is 297 g/mol. The van der Waals surface area contributed by atoms with Crippen LogP contribution < -0.4 is 5.32 Å². The number of amides is 1. The summed E-state index contributed by atoms with van der Waals surface area (Å²) in [5, 5.41) is 8.25. The Balaban J connectivity index is 2.21. The summed E-state index contributed by atoms with van der Waals surface area (Å²) in [6.45, 7) is 1.93. The van der Waals surface area contributed by atoms with Crippen molar-refractivity contribution >= 4 is 34.9 Å². The van der Waals surface area contributed by atoms with E-state index in [2.05, 4.69) is 10.4 Å². The molecule has 20 heavy (non-hydrogen) atoms. The number of benzene rings is 1. The van der Waals surface area contributed by atoms with E-state index in [1.165, 1.54) is 0 Å². The number of aromatic nitrogens is 2. The summed E-state index contributed by atoms with van der Waals surface area (Å²) in [6.07, 6.45) is 0.347. The van der Waals surface area contributed by atoms with Gasteiger partial charge in [-0.1, -0.05) is 35.3 Å². The Morgan fingerprint density at radius 3 is 2.90 bits per heavy atom. The van der Waals surface area contributed by atoms with E-state index in [1.807, 2.05) is 26.1 Å². The Labute approximate surface area is 126 Å². The molecule has 0 spiro atoms. The van der Waals surface area contributed by atoms with Crippen molar-refractivity contribution in [2.24, 2.45) is 7.05 Å². The van der Waals surface area contributed by atoms with Crippen LogP contribution in [0, 0.1) is 6.92 Å². The van der Waals surface area contributed by atoms with Crippen molar-refractivity contribution in [2.75, 3.05) is 5.32 Å². The van der Waals surface area contributed by atoms with Crippen LogP contribution in [0.2, 0.25) is 10.0 Å². The van der Waals surface area contributed by atoms with Gasteiger partial charge in [-0.2, -0.15) is 5.10 Å². The lowest BCUT2D eigenvalue weighted by Gasteiger charge is -2.25. The summed E-state index contributed by atoms with van der Waals surface area (Å²) >= 11 is 12.4. The first-order valence-electron chi connectivity index (χ1n) is 6.26. The molecule has 2 aromatic rings. The lowest BCUT2D eigenvalue weighted by molar-refractivity contribution is -0.116. The number of rotatable bonds is 1. The van der Waals surface area contributed by atoms with E-state index in [1.54, 1.807) is 10.7 Å². The molecule has 4 nitrogen and oxygen atoms in total. The number of nitrogens with one attached hydrogen (secondary N) is 1. The summed E-state index contributed by atoms with van der Waals surface area (Å²) in [7, 11) is 1.81. The molecule has 1 amide bonds. The van der Waals surface area contributed by atoms with Gasteiger partial charge in [-0.25, -0.2) is 0 Å². The monoisotopic (exact) mass is 309 g/mol. The number of fused-ring (bicyclic) bond motifs is 1. The van der Waals surface area contributed by atoms with Crippen molar-refractivity contribution in [1.29, 1.82) is 0 Å². The second-order valence-electron chi connectivity index (χ2n) is 4.92. The summed E-state index contributed by atoms with van der Waals surface area (Å²) in [4.78, 5) is 11.9. The third kappa shape index (κ3) is 2.00. The fourth-order valence-corrected chi connectivity index (χ4v) is 3.21. The molecule has 1 aliphatic rings. The number of hydrogen-bond acceptors (Lipinski definition) is 2. The fourth-order valence-electron chi connectivity index (χ4n) is 2.77. The first-order chi connectivity index (χ1) is 9.49. The van der Waals surface area contributed by atoms with Crippen LogP contribution in [0.15, 0.2) is 18.2 Å². The first-order valence-corrected chi connectivity index (χ1v) is 7.02. The number of carbonyl (C=O) groups excluding carboxylic acids is 1. The zero-order valence-electron chi connectivity index (χ0n) is 11.1. The molecule has 6 heteroatoms. The standard InChI is InChI=1S/C14H13Cl2N3O/c1-7-12-9(8-4-3-5-10(15)13(8)16)6-11(20)17-14(12)19(2)18-7/h3-5,9H,6H2,1-2H3,(H,17,20)/t9-/m0/s1. The minimum atomic E-state index is -0.112. The minimum Gasteiger partial charge on any atom is -0.311 e. The van der Waals surface area contributed by atoms with Crippen molar-refractivity contribution in [3.05, 3.63) is 45.1 Å². The highest BCUT2D eigenvalue weighted by molar-refractivity contribution is 6.42. The summed E-state index contributed by atoms with van der Waals surface area (Å²) in [6, 6.07) is 5.50. The predicted molar refractivity (Wildman–Crippen MR) is 79.5 cm³/mol. The van der Waals surface area contributed by atoms with E-state index in [0.29, 0.717) is 16.5 Å². The van der Waals surface area contributed by atoms with Gasteiger partial charge in [0.05, 0.1) is 15.7 Å². The molecule has 0 unspecified atom stereocenters. The van der Waals surface area contributed by atoms with Gasteiger partial charge >= 0.3 is 0 Å². The summed E-state index contributed by atoms with van der Waals surface area (Å²) < 4.78 is 1.69. The number of anilines is 1. The van der Waals surface area contributed by atoms with Crippen LogP contribution in [-0.4, -0.2) is 15.7 Å². The van der Waals surface area contributed by atoms with E-state index in [0.717, 1.165) is 22.6 Å². The van der Waals surface area contributed by atoms with Crippen LogP contribution >= 0.6 is 23.2 Å². The van der Waals surface area contributed by atoms with Crippen LogP contribution in [0.1, 0.15) is 29.2 Å². The lowest BCUT2D eigenvalue weighted by Crippen LogP contribution is -2.24. The van der Waals surface area contributed by atoms with E-state index in [-0.39, 0.29) is 11.8 Å². The molecule has 1 aliphatic heterocycles. The quantitative estimate of drug-likeness (QED) is 0.876. The van der Waals surface area contributed by atoms with Crippen molar-refractivity contribution in [2.45, 2.75) is 19.3 Å². The maximum Gasteiger partial charge on any atom is 0.226 e. The van der Waals surface area contributed by atoms with Crippen LogP contribution in [0.4, 0.5) is 5.82 Å². The average molecular weight is 310 g/mol. The highest BCUT2D eigenvalue weighted by atomic mass is 35.5. The van der Waals surface area contributed by atoms with Crippen LogP contribution in [0.25, 0.3) is 0 Å². The van der Waals surface area contributed by atoms with Crippen molar-refractivity contribution in [3.8, 4) is 0 Å². The molecule has 1 aromatic heterocycles. The molecule has 0 aliphatic carbocycles. The van der Waals surface area contributed by atoms with Gasteiger partial charge in [-0.05, 0) is 18.6 Å². The number of halogens is 2. The third-order valence-corrected chi connectivity index (χ3v) is 4.45. The third-order valence-electron chi connectivity index (χ3n) is 3.62. The molecular formula is C14H13Cl2N3O. The van der Waals surface area contributed by atoms with E-state index >= 15 is 0 Å². The normalized spacial score (nSPS) is 17.8. The lowest BCUT2D eigenvalue weighted by atomic mass is 9.86. The maximum absolute atomic E-state index is 11.9. The van der Waals surface area contributed by atoms with Gasteiger partial charge in [0.25, 0.3) is 0 Å². The van der Waals surface area contributed by atoms with Crippen LogP contribution in [-0.2, 0) is 11.8 Å². The van der Waals surface area contributed by atoms with Gasteiger partial charge in [-0.3, -0.25) is 9.48 Å². The Bertz CT molecular complexity index is 709. The zero-order chi connectivity index (χ0) is 14.4. The van der Waals surface area contributed by atoms with Crippen molar-refractivity contribution in [3.63, 3.8) is 0 Å². The zero-order valence-corrected chi connectivity index (χ0v) is 12.6. The van der Waals surface area contributed by atoms with Gasteiger partial charge in [0, 0.05) is 24.9 Å². The summed E-state index contributed by atoms with van der Waals surface area (Å²) in [5.41, 5.74) is 2.77. The van der Waals surface area contributed by atoms with Gasteiger partial charge < -0.3 is 5.32 Å². The highest BCUT2D eigenvalue weighted by Gasteiger charge is 2.32. The smallest absolute Gasteiger partial charge is 0.226 e. The van der Waals surface area contributed by atoms with E-state index in [9.17, 15) is 4.79 Å². The van der Waals surface area contributed by atoms with Crippen LogP contribution in [0.3, 0.4) is 0 Å². The van der Waals surface area contributed by atoms with Gasteiger partial charge in [0.15, 0.2) is 0 Å². The molecule has 0 bridgehead atoms. The number of carbonyl (C=O) groups is 1. The largest absolute Gasteiger partial charge is 0.311 e. The second-order valence-corrected chi connectivity index (χ2v) is 5.70. The van der Waals surface area contributed by atoms with Gasteiger partial charge in [0.2, 0.25) is 5.91 Å². The average Bonchev–Trinajstić information content (AvgIpc) is 2.67. The van der Waals surface area contributed by atoms with Crippen molar-refractivity contribution < 1.29 is 4.79 Å². The predicted octanol–water partition coefficient (Wildman–Crippen LogP) is 3.51. The molecule has 2 heterocycles. The maximum atomic E-state index is 11.9. The fraction of sp³-hybridized carbons (Fsp3) is 0.286. The Hall–Kier alpha value is -1.52. The van der Waals surface area contributed by atoms with Crippen LogP contribution in [0.5, 0.6) is 0 Å². The minimum absolute atomic E-state index is 0.0402. The van der Waals surface area contributed by atoms with E-state index in [4.69, 9.17) is 23.2 Å². The SMILES string of the molecule is Cc1nn(C)c2c1[C@H](c1cccc(Cl)c1Cl)CC(=O)N2. The second kappa shape index (κ2) is 4.79. The molecule has 0 radical (unpaired) electrons. The number of aryl methyl sites for hydroxylation is 2. The number of hydrogen-bond donors (Lipinski definition) is 1. The first kappa shape index (κ1) is 13.5. The topological polar surface area (TPSA) is 46.9 Å².